The quantitative estimate of drug-likeness (QED) is 0.495. The molecule has 0 radical (unpaired) electrons. The summed E-state index contributed by atoms with van der Waals surface area (Å²) in [7, 11) is 0. The average molecular weight is 445 g/mol. The van der Waals surface area contributed by atoms with Crippen molar-refractivity contribution in [3.8, 4) is 0 Å². The number of carbonyl (C=O) groups is 2. The van der Waals surface area contributed by atoms with Crippen LogP contribution in [0.25, 0.3) is 0 Å². The number of alkyl halides is 3. The highest BCUT2D eigenvalue weighted by molar-refractivity contribution is 9.10. The van der Waals surface area contributed by atoms with E-state index in [1.54, 1.807) is 11.4 Å². The van der Waals surface area contributed by atoms with Gasteiger partial charge in [-0.05, 0) is 48.6 Å². The molecule has 1 fully saturated rings. The minimum absolute atomic E-state index is 0.0739. The van der Waals surface area contributed by atoms with Crippen LogP contribution in [0.5, 0.6) is 0 Å². The van der Waals surface area contributed by atoms with E-state index in [4.69, 9.17) is 0 Å². The topological polar surface area (TPSA) is 49.4 Å². The summed E-state index contributed by atoms with van der Waals surface area (Å²) in [5.41, 5.74) is -2.18. The van der Waals surface area contributed by atoms with Crippen molar-refractivity contribution in [3.63, 3.8) is 0 Å². The molecule has 0 saturated heterocycles. The number of hydrogen-bond acceptors (Lipinski definition) is 2. The van der Waals surface area contributed by atoms with Crippen LogP contribution in [-0.4, -0.2) is 11.9 Å². The van der Waals surface area contributed by atoms with E-state index in [1.807, 2.05) is 0 Å². The maximum atomic E-state index is 14.5. The van der Waals surface area contributed by atoms with Crippen molar-refractivity contribution < 1.29 is 27.2 Å². The van der Waals surface area contributed by atoms with Gasteiger partial charge in [-0.1, -0.05) is 38.6 Å². The fourth-order valence-electron chi connectivity index (χ4n) is 2.73. The summed E-state index contributed by atoms with van der Waals surface area (Å²) < 4.78 is 55.6. The Kier molecular flexibility index (Phi) is 5.23. The van der Waals surface area contributed by atoms with Gasteiger partial charge in [0.1, 0.15) is 0 Å². The van der Waals surface area contributed by atoms with Gasteiger partial charge in [0.25, 0.3) is 5.91 Å². The molecule has 1 N–H and O–H groups in total. The zero-order chi connectivity index (χ0) is 19.8. The Bertz CT molecular complexity index is 883. The molecule has 2 aromatic rings. The normalized spacial score (nSPS) is 14.0. The molecule has 1 saturated carbocycles. The van der Waals surface area contributed by atoms with E-state index in [-0.39, 0.29) is 21.5 Å². The molecular weight excluding hydrogens is 432 g/mol. The summed E-state index contributed by atoms with van der Waals surface area (Å²) in [6, 6.07) is 7.99. The maximum absolute atomic E-state index is 14.5. The predicted molar refractivity (Wildman–Crippen MR) is 94.0 cm³/mol. The molecule has 142 valence electrons. The van der Waals surface area contributed by atoms with Gasteiger partial charge in [0.2, 0.25) is 0 Å². The van der Waals surface area contributed by atoms with Gasteiger partial charge in [-0.15, -0.1) is 5.12 Å². The lowest BCUT2D eigenvalue weighted by atomic mass is 10.0. The SMILES string of the molecule is O=C(NC(=O)N(F)c1ccc(Br)c(C2CC2)c1C(F)(F)F)c1ccccc1. The number of hydrogen-bond donors (Lipinski definition) is 1. The van der Waals surface area contributed by atoms with Crippen molar-refractivity contribution in [2.45, 2.75) is 24.9 Å². The Morgan fingerprint density at radius 1 is 1.07 bits per heavy atom. The zero-order valence-corrected chi connectivity index (χ0v) is 15.3. The van der Waals surface area contributed by atoms with Crippen molar-refractivity contribution in [3.05, 3.63) is 63.6 Å². The minimum Gasteiger partial charge on any atom is -0.271 e. The second-order valence-corrected chi connectivity index (χ2v) is 6.89. The molecule has 0 unspecified atom stereocenters. The highest BCUT2D eigenvalue weighted by Gasteiger charge is 2.43. The zero-order valence-electron chi connectivity index (χ0n) is 13.7. The van der Waals surface area contributed by atoms with Crippen LogP contribution in [-0.2, 0) is 6.18 Å². The first-order valence-electron chi connectivity index (χ1n) is 7.96. The summed E-state index contributed by atoms with van der Waals surface area (Å²) in [6.45, 7) is 0. The van der Waals surface area contributed by atoms with E-state index in [1.165, 1.54) is 30.3 Å². The minimum atomic E-state index is -4.87. The van der Waals surface area contributed by atoms with Gasteiger partial charge in [-0.25, -0.2) is 4.79 Å². The molecule has 9 heteroatoms. The van der Waals surface area contributed by atoms with Crippen molar-refractivity contribution in [2.75, 3.05) is 5.12 Å². The number of urea groups is 1. The smallest absolute Gasteiger partial charge is 0.271 e. The number of benzene rings is 2. The van der Waals surface area contributed by atoms with Crippen LogP contribution >= 0.6 is 15.9 Å². The molecule has 1 aliphatic rings. The standard InChI is InChI=1S/C18H13BrF4N2O2/c19-12-8-9-13(15(18(20,21)22)14(12)10-6-7-10)25(23)17(27)24-16(26)11-4-2-1-3-5-11/h1-5,8-10H,6-7H2,(H,24,26,27). The Labute approximate surface area is 160 Å². The third kappa shape index (κ3) is 4.13. The van der Waals surface area contributed by atoms with Gasteiger partial charge >= 0.3 is 12.2 Å². The summed E-state index contributed by atoms with van der Waals surface area (Å²) in [5, 5.41) is 1.07. The molecule has 0 atom stereocenters. The number of amides is 3. The third-order valence-electron chi connectivity index (χ3n) is 4.09. The van der Waals surface area contributed by atoms with Crippen molar-refractivity contribution in [1.29, 1.82) is 0 Å². The van der Waals surface area contributed by atoms with Gasteiger partial charge in [-0.3, -0.25) is 10.1 Å². The first kappa shape index (κ1) is 19.3. The van der Waals surface area contributed by atoms with E-state index in [9.17, 15) is 27.2 Å². The number of nitrogens with one attached hydrogen (secondary N) is 1. The number of nitrogens with zero attached hydrogens (tertiary/aromatic N) is 1. The second kappa shape index (κ2) is 7.30. The molecule has 1 aliphatic carbocycles. The number of imide groups is 1. The van der Waals surface area contributed by atoms with Crippen molar-refractivity contribution >= 4 is 33.6 Å². The Balaban J connectivity index is 1.92. The van der Waals surface area contributed by atoms with Gasteiger partial charge < -0.3 is 0 Å². The Hall–Kier alpha value is -2.42. The number of rotatable bonds is 3. The summed E-state index contributed by atoms with van der Waals surface area (Å²) in [6.07, 6.45) is -3.77. The summed E-state index contributed by atoms with van der Waals surface area (Å²) >= 11 is 3.08. The monoisotopic (exact) mass is 444 g/mol. The van der Waals surface area contributed by atoms with Crippen LogP contribution in [0.3, 0.4) is 0 Å². The van der Waals surface area contributed by atoms with Crippen LogP contribution in [0.2, 0.25) is 0 Å². The van der Waals surface area contributed by atoms with Gasteiger partial charge in [-0.2, -0.15) is 13.2 Å². The van der Waals surface area contributed by atoms with Crippen LogP contribution in [0.15, 0.2) is 46.9 Å². The predicted octanol–water partition coefficient (Wildman–Crippen LogP) is 5.59. The van der Waals surface area contributed by atoms with Gasteiger partial charge in [0.15, 0.2) is 0 Å². The molecular formula is C18H13BrF4N2O2. The van der Waals surface area contributed by atoms with Crippen LogP contribution in [0, 0.1) is 0 Å². The molecule has 0 heterocycles. The van der Waals surface area contributed by atoms with Crippen LogP contribution in [0.4, 0.5) is 28.1 Å². The maximum Gasteiger partial charge on any atom is 0.418 e. The molecule has 0 aromatic heterocycles. The Morgan fingerprint density at radius 2 is 1.70 bits per heavy atom. The molecule has 3 amide bonds. The fraction of sp³-hybridized carbons (Fsp3) is 0.222. The summed E-state index contributed by atoms with van der Waals surface area (Å²) in [5.74, 6) is -1.27. The number of halogens is 5. The van der Waals surface area contributed by atoms with E-state index >= 15 is 0 Å². The van der Waals surface area contributed by atoms with E-state index in [2.05, 4.69) is 15.9 Å². The van der Waals surface area contributed by atoms with Crippen molar-refractivity contribution in [1.82, 2.24) is 5.32 Å². The third-order valence-corrected chi connectivity index (χ3v) is 4.78. The second-order valence-electron chi connectivity index (χ2n) is 6.03. The largest absolute Gasteiger partial charge is 0.418 e. The lowest BCUT2D eigenvalue weighted by Crippen LogP contribution is -2.39. The van der Waals surface area contributed by atoms with E-state index in [0.29, 0.717) is 12.8 Å². The summed E-state index contributed by atoms with van der Waals surface area (Å²) in [4.78, 5) is 24.0. The van der Waals surface area contributed by atoms with Gasteiger partial charge in [0, 0.05) is 10.0 Å². The van der Waals surface area contributed by atoms with Gasteiger partial charge in [0.05, 0.1) is 11.3 Å². The highest BCUT2D eigenvalue weighted by atomic mass is 79.9. The highest BCUT2D eigenvalue weighted by Crippen LogP contribution is 2.51. The lowest BCUT2D eigenvalue weighted by molar-refractivity contribution is -0.137. The molecule has 3 rings (SSSR count). The first-order chi connectivity index (χ1) is 12.7. The van der Waals surface area contributed by atoms with Crippen LogP contribution in [0.1, 0.15) is 40.2 Å². The molecule has 2 aromatic carbocycles. The molecule has 4 nitrogen and oxygen atoms in total. The van der Waals surface area contributed by atoms with Crippen molar-refractivity contribution in [2.24, 2.45) is 0 Å². The fourth-order valence-corrected chi connectivity index (χ4v) is 3.39. The van der Waals surface area contributed by atoms with E-state index < -0.39 is 34.5 Å². The average Bonchev–Trinajstić information content (AvgIpc) is 3.45. The molecule has 0 spiro atoms. The van der Waals surface area contributed by atoms with E-state index in [0.717, 1.165) is 6.07 Å². The first-order valence-corrected chi connectivity index (χ1v) is 8.75. The Morgan fingerprint density at radius 3 is 2.26 bits per heavy atom. The lowest BCUT2D eigenvalue weighted by Gasteiger charge is -2.21. The molecule has 27 heavy (non-hydrogen) atoms. The molecule has 0 bridgehead atoms. The number of anilines is 1. The number of carbonyl (C=O) groups excluding carboxylic acids is 2. The molecule has 0 aliphatic heterocycles. The van der Waals surface area contributed by atoms with Crippen LogP contribution < -0.4 is 10.4 Å².